The van der Waals surface area contributed by atoms with Crippen molar-refractivity contribution in [2.75, 3.05) is 0 Å². The van der Waals surface area contributed by atoms with E-state index in [2.05, 4.69) is 39.5 Å². The molecule has 1 aromatic heterocycles. The molecule has 0 radical (unpaired) electrons. The first kappa shape index (κ1) is 15.6. The highest BCUT2D eigenvalue weighted by Crippen LogP contribution is 2.61. The zero-order valence-corrected chi connectivity index (χ0v) is 14.0. The van der Waals surface area contributed by atoms with E-state index in [9.17, 15) is 5.11 Å². The third kappa shape index (κ3) is 2.48. The SMILES string of the molecule is C=C1CC(O)C2C(C)(C)CCCC2(C)C1/C=C/c1ccoc1. The molecule has 3 rings (SSSR count). The molecule has 120 valence electrons. The van der Waals surface area contributed by atoms with Crippen molar-refractivity contribution >= 4 is 6.08 Å². The molecule has 0 amide bonds. The Morgan fingerprint density at radius 2 is 2.09 bits per heavy atom. The van der Waals surface area contributed by atoms with Gasteiger partial charge in [0.1, 0.15) is 0 Å². The minimum absolute atomic E-state index is 0.0940. The van der Waals surface area contributed by atoms with Gasteiger partial charge in [-0.3, -0.25) is 0 Å². The van der Waals surface area contributed by atoms with Gasteiger partial charge >= 0.3 is 0 Å². The van der Waals surface area contributed by atoms with E-state index < -0.39 is 0 Å². The lowest BCUT2D eigenvalue weighted by molar-refractivity contribution is -0.111. The summed E-state index contributed by atoms with van der Waals surface area (Å²) >= 11 is 0. The predicted octanol–water partition coefficient (Wildman–Crippen LogP) is 5.06. The molecule has 0 spiro atoms. The maximum Gasteiger partial charge on any atom is 0.0974 e. The Kier molecular flexibility index (Phi) is 3.84. The van der Waals surface area contributed by atoms with Crippen LogP contribution in [-0.4, -0.2) is 11.2 Å². The quantitative estimate of drug-likeness (QED) is 0.774. The Morgan fingerprint density at radius 3 is 2.77 bits per heavy atom. The van der Waals surface area contributed by atoms with Gasteiger partial charge in [0.2, 0.25) is 0 Å². The molecule has 22 heavy (non-hydrogen) atoms. The molecular weight excluding hydrogens is 272 g/mol. The lowest BCUT2D eigenvalue weighted by Gasteiger charge is -2.59. The molecule has 2 nitrogen and oxygen atoms in total. The molecule has 4 unspecified atom stereocenters. The lowest BCUT2D eigenvalue weighted by atomic mass is 9.47. The van der Waals surface area contributed by atoms with Crippen LogP contribution in [0.15, 0.2) is 41.2 Å². The van der Waals surface area contributed by atoms with Crippen LogP contribution in [0.1, 0.15) is 52.0 Å². The van der Waals surface area contributed by atoms with Gasteiger partial charge in [0.05, 0.1) is 18.6 Å². The normalized spacial score (nSPS) is 38.2. The van der Waals surface area contributed by atoms with E-state index in [0.717, 1.165) is 18.4 Å². The molecular formula is C20H28O2. The molecule has 1 heterocycles. The fourth-order valence-corrected chi connectivity index (χ4v) is 5.35. The lowest BCUT2D eigenvalue weighted by Crippen LogP contribution is -2.55. The Morgan fingerprint density at radius 1 is 1.32 bits per heavy atom. The van der Waals surface area contributed by atoms with E-state index in [1.165, 1.54) is 18.4 Å². The summed E-state index contributed by atoms with van der Waals surface area (Å²) in [5, 5.41) is 10.7. The first-order valence-corrected chi connectivity index (χ1v) is 8.41. The van der Waals surface area contributed by atoms with E-state index in [4.69, 9.17) is 4.42 Å². The number of hydrogen-bond donors (Lipinski definition) is 1. The molecule has 2 saturated carbocycles. The standard InChI is InChI=1S/C20H28O2/c1-14-12-17(21)18-19(2,3)9-5-10-20(18,4)16(14)7-6-15-8-11-22-13-15/h6-8,11,13,16-18,21H,1,5,9-10,12H2,2-4H3/b7-6+. The van der Waals surface area contributed by atoms with Crippen LogP contribution in [0, 0.1) is 22.7 Å². The number of rotatable bonds is 2. The van der Waals surface area contributed by atoms with E-state index in [0.29, 0.717) is 11.8 Å². The highest BCUT2D eigenvalue weighted by Gasteiger charge is 2.55. The van der Waals surface area contributed by atoms with Gasteiger partial charge in [-0.15, -0.1) is 0 Å². The predicted molar refractivity (Wildman–Crippen MR) is 90.2 cm³/mol. The summed E-state index contributed by atoms with van der Waals surface area (Å²) in [5.41, 5.74) is 2.55. The number of allylic oxidation sites excluding steroid dienone is 1. The van der Waals surface area contributed by atoms with Crippen LogP contribution in [0.2, 0.25) is 0 Å². The van der Waals surface area contributed by atoms with E-state index in [-0.39, 0.29) is 16.9 Å². The first-order chi connectivity index (χ1) is 10.3. The number of aliphatic hydroxyl groups excluding tert-OH is 1. The Bertz CT molecular complexity index is 567. The second kappa shape index (κ2) is 5.42. The average molecular weight is 300 g/mol. The summed E-state index contributed by atoms with van der Waals surface area (Å²) in [7, 11) is 0. The third-order valence-corrected chi connectivity index (χ3v) is 6.12. The number of aliphatic hydroxyl groups is 1. The maximum absolute atomic E-state index is 10.7. The smallest absolute Gasteiger partial charge is 0.0974 e. The Labute approximate surface area is 133 Å². The molecule has 1 aromatic rings. The van der Waals surface area contributed by atoms with Crippen LogP contribution >= 0.6 is 0 Å². The molecule has 1 N–H and O–H groups in total. The number of furan rings is 1. The molecule has 0 saturated heterocycles. The van der Waals surface area contributed by atoms with E-state index in [1.54, 1.807) is 12.5 Å². The zero-order chi connectivity index (χ0) is 16.0. The van der Waals surface area contributed by atoms with Gasteiger partial charge in [-0.05, 0) is 42.1 Å². The third-order valence-electron chi connectivity index (χ3n) is 6.12. The second-order valence-corrected chi connectivity index (χ2v) is 8.15. The van der Waals surface area contributed by atoms with Crippen molar-refractivity contribution < 1.29 is 9.52 Å². The highest BCUT2D eigenvalue weighted by molar-refractivity contribution is 5.49. The number of fused-ring (bicyclic) bond motifs is 1. The largest absolute Gasteiger partial charge is 0.472 e. The minimum Gasteiger partial charge on any atom is -0.472 e. The summed E-state index contributed by atoms with van der Waals surface area (Å²) in [5.74, 6) is 0.661. The summed E-state index contributed by atoms with van der Waals surface area (Å²) in [6.07, 6.45) is 12.0. The Hall–Kier alpha value is -1.28. The van der Waals surface area contributed by atoms with Crippen LogP contribution in [0.25, 0.3) is 6.08 Å². The Balaban J connectivity index is 1.96. The van der Waals surface area contributed by atoms with Gasteiger partial charge in [0.25, 0.3) is 0 Å². The molecule has 0 bridgehead atoms. The topological polar surface area (TPSA) is 33.4 Å². The van der Waals surface area contributed by atoms with Gasteiger partial charge < -0.3 is 9.52 Å². The molecule has 0 aliphatic heterocycles. The molecule has 2 aliphatic rings. The summed E-state index contributed by atoms with van der Waals surface area (Å²) in [6, 6.07) is 1.97. The fourth-order valence-electron chi connectivity index (χ4n) is 5.35. The van der Waals surface area contributed by atoms with Crippen molar-refractivity contribution in [1.29, 1.82) is 0 Å². The molecule has 2 aliphatic carbocycles. The molecule has 4 atom stereocenters. The average Bonchev–Trinajstić information content (AvgIpc) is 2.89. The van der Waals surface area contributed by atoms with Gasteiger partial charge in [-0.25, -0.2) is 0 Å². The summed E-state index contributed by atoms with van der Waals surface area (Å²) in [4.78, 5) is 0. The second-order valence-electron chi connectivity index (χ2n) is 8.15. The summed E-state index contributed by atoms with van der Waals surface area (Å²) < 4.78 is 5.15. The van der Waals surface area contributed by atoms with Crippen LogP contribution in [0.3, 0.4) is 0 Å². The zero-order valence-electron chi connectivity index (χ0n) is 14.0. The first-order valence-electron chi connectivity index (χ1n) is 8.41. The van der Waals surface area contributed by atoms with Crippen molar-refractivity contribution in [3.63, 3.8) is 0 Å². The maximum atomic E-state index is 10.7. The molecule has 2 heteroatoms. The van der Waals surface area contributed by atoms with Gasteiger partial charge in [0, 0.05) is 11.5 Å². The monoisotopic (exact) mass is 300 g/mol. The van der Waals surface area contributed by atoms with Crippen LogP contribution < -0.4 is 0 Å². The van der Waals surface area contributed by atoms with E-state index in [1.807, 2.05) is 6.07 Å². The van der Waals surface area contributed by atoms with Gasteiger partial charge in [0.15, 0.2) is 0 Å². The summed E-state index contributed by atoms with van der Waals surface area (Å²) in [6.45, 7) is 11.3. The van der Waals surface area contributed by atoms with E-state index >= 15 is 0 Å². The highest BCUT2D eigenvalue weighted by atomic mass is 16.3. The van der Waals surface area contributed by atoms with Crippen molar-refractivity contribution in [3.05, 3.63) is 42.4 Å². The number of hydrogen-bond acceptors (Lipinski definition) is 2. The van der Waals surface area contributed by atoms with Gasteiger partial charge in [-0.2, -0.15) is 0 Å². The van der Waals surface area contributed by atoms with Crippen molar-refractivity contribution in [1.82, 2.24) is 0 Å². The van der Waals surface area contributed by atoms with Crippen LogP contribution in [0.4, 0.5) is 0 Å². The molecule has 2 fully saturated rings. The van der Waals surface area contributed by atoms with Crippen molar-refractivity contribution in [2.24, 2.45) is 22.7 Å². The minimum atomic E-state index is -0.258. The van der Waals surface area contributed by atoms with Crippen molar-refractivity contribution in [2.45, 2.75) is 52.6 Å². The molecule has 0 aromatic carbocycles. The van der Waals surface area contributed by atoms with Crippen molar-refractivity contribution in [3.8, 4) is 0 Å². The fraction of sp³-hybridized carbons (Fsp3) is 0.600. The van der Waals surface area contributed by atoms with Crippen LogP contribution in [0.5, 0.6) is 0 Å². The van der Waals surface area contributed by atoms with Gasteiger partial charge in [-0.1, -0.05) is 51.5 Å². The van der Waals surface area contributed by atoms with Crippen LogP contribution in [-0.2, 0) is 0 Å².